The van der Waals surface area contributed by atoms with Gasteiger partial charge in [0, 0.05) is 4.47 Å². The Labute approximate surface area is 121 Å². The number of hydrogen-bond donors (Lipinski definition) is 1. The van der Waals surface area contributed by atoms with Gasteiger partial charge >= 0.3 is 0 Å². The van der Waals surface area contributed by atoms with Gasteiger partial charge in [-0.05, 0) is 61.0 Å². The van der Waals surface area contributed by atoms with Crippen LogP contribution in [0.25, 0.3) is 0 Å². The summed E-state index contributed by atoms with van der Waals surface area (Å²) in [6, 6.07) is 15.7. The van der Waals surface area contributed by atoms with Gasteiger partial charge in [0.15, 0.2) is 0 Å². The number of benzene rings is 2. The molecule has 2 rings (SSSR count). The summed E-state index contributed by atoms with van der Waals surface area (Å²) in [4.78, 5) is 0. The average Bonchev–Trinajstić information content (AvgIpc) is 2.43. The Kier molecular flexibility index (Phi) is 4.98. The monoisotopic (exact) mass is 318 g/mol. The van der Waals surface area contributed by atoms with Crippen molar-refractivity contribution >= 4 is 27.8 Å². The van der Waals surface area contributed by atoms with Crippen LogP contribution >= 0.6 is 15.9 Å². The van der Waals surface area contributed by atoms with Crippen LogP contribution in [0.1, 0.15) is 12.5 Å². The maximum absolute atomic E-state index is 5.38. The molecule has 3 nitrogen and oxygen atoms in total. The van der Waals surface area contributed by atoms with Crippen LogP contribution in [0.2, 0.25) is 0 Å². The van der Waals surface area contributed by atoms with E-state index in [1.165, 1.54) is 0 Å². The van der Waals surface area contributed by atoms with Gasteiger partial charge in [0.1, 0.15) is 5.75 Å². The molecular weight excluding hydrogens is 304 g/mol. The molecule has 0 aromatic heterocycles. The van der Waals surface area contributed by atoms with E-state index in [1.54, 1.807) is 6.21 Å². The minimum atomic E-state index is 0.679. The predicted octanol–water partition coefficient (Wildman–Crippen LogP) is 4.29. The first-order chi connectivity index (χ1) is 9.28. The lowest BCUT2D eigenvalue weighted by atomic mass is 10.2. The van der Waals surface area contributed by atoms with Crippen molar-refractivity contribution in [2.45, 2.75) is 6.92 Å². The minimum absolute atomic E-state index is 0.679. The van der Waals surface area contributed by atoms with E-state index in [9.17, 15) is 0 Å². The van der Waals surface area contributed by atoms with Gasteiger partial charge in [-0.25, -0.2) is 0 Å². The van der Waals surface area contributed by atoms with Gasteiger partial charge in [-0.2, -0.15) is 5.10 Å². The molecule has 0 heterocycles. The summed E-state index contributed by atoms with van der Waals surface area (Å²) in [5.41, 5.74) is 4.95. The molecule has 0 fully saturated rings. The lowest BCUT2D eigenvalue weighted by Crippen LogP contribution is -1.92. The van der Waals surface area contributed by atoms with E-state index >= 15 is 0 Å². The van der Waals surface area contributed by atoms with Gasteiger partial charge in [0.25, 0.3) is 0 Å². The van der Waals surface area contributed by atoms with Crippen molar-refractivity contribution < 1.29 is 4.74 Å². The Morgan fingerprint density at radius 2 is 1.79 bits per heavy atom. The third-order valence-electron chi connectivity index (χ3n) is 2.44. The average molecular weight is 319 g/mol. The van der Waals surface area contributed by atoms with Crippen molar-refractivity contribution in [2.24, 2.45) is 5.10 Å². The standard InChI is InChI=1S/C15H15BrN2O/c1-2-19-15-9-3-12(4-10-15)11-17-18-14-7-5-13(16)6-8-14/h3-11,18H,2H2,1H3/b17-11-. The molecule has 1 N–H and O–H groups in total. The van der Waals surface area contributed by atoms with Crippen molar-refractivity contribution in [1.29, 1.82) is 0 Å². The largest absolute Gasteiger partial charge is 0.494 e. The van der Waals surface area contributed by atoms with Crippen LogP contribution < -0.4 is 10.2 Å². The lowest BCUT2D eigenvalue weighted by Gasteiger charge is -2.02. The molecule has 0 bridgehead atoms. The fraction of sp³-hybridized carbons (Fsp3) is 0.133. The maximum Gasteiger partial charge on any atom is 0.119 e. The normalized spacial score (nSPS) is 10.6. The molecule has 0 saturated carbocycles. The zero-order valence-corrected chi connectivity index (χ0v) is 12.2. The summed E-state index contributed by atoms with van der Waals surface area (Å²) in [6.07, 6.45) is 1.78. The zero-order chi connectivity index (χ0) is 13.5. The second-order valence-corrected chi connectivity index (χ2v) is 4.79. The first-order valence-corrected chi connectivity index (χ1v) is 6.85. The Morgan fingerprint density at radius 3 is 2.42 bits per heavy atom. The smallest absolute Gasteiger partial charge is 0.119 e. The van der Waals surface area contributed by atoms with Crippen molar-refractivity contribution in [3.8, 4) is 5.75 Å². The molecule has 4 heteroatoms. The van der Waals surface area contributed by atoms with E-state index in [-0.39, 0.29) is 0 Å². The molecule has 2 aromatic rings. The van der Waals surface area contributed by atoms with Crippen LogP contribution in [-0.4, -0.2) is 12.8 Å². The van der Waals surface area contributed by atoms with E-state index in [2.05, 4.69) is 26.5 Å². The van der Waals surface area contributed by atoms with Gasteiger partial charge in [-0.1, -0.05) is 15.9 Å². The van der Waals surface area contributed by atoms with Gasteiger partial charge in [0.2, 0.25) is 0 Å². The first-order valence-electron chi connectivity index (χ1n) is 6.05. The number of nitrogens with zero attached hydrogens (tertiary/aromatic N) is 1. The fourth-order valence-corrected chi connectivity index (χ4v) is 1.79. The van der Waals surface area contributed by atoms with Crippen molar-refractivity contribution in [3.63, 3.8) is 0 Å². The molecule has 0 atom stereocenters. The number of hydrogen-bond acceptors (Lipinski definition) is 3. The SMILES string of the molecule is CCOc1ccc(/C=N\Nc2ccc(Br)cc2)cc1. The van der Waals surface area contributed by atoms with E-state index in [0.29, 0.717) is 6.61 Å². The number of nitrogens with one attached hydrogen (secondary N) is 1. The summed E-state index contributed by atoms with van der Waals surface area (Å²) >= 11 is 3.39. The maximum atomic E-state index is 5.38. The van der Waals surface area contributed by atoms with E-state index < -0.39 is 0 Å². The molecule has 19 heavy (non-hydrogen) atoms. The number of rotatable bonds is 5. The predicted molar refractivity (Wildman–Crippen MR) is 83.0 cm³/mol. The Balaban J connectivity index is 1.93. The van der Waals surface area contributed by atoms with Gasteiger partial charge in [-0.15, -0.1) is 0 Å². The van der Waals surface area contributed by atoms with Gasteiger partial charge < -0.3 is 4.74 Å². The molecule has 0 amide bonds. The quantitative estimate of drug-likeness (QED) is 0.659. The fourth-order valence-electron chi connectivity index (χ4n) is 1.52. The highest BCUT2D eigenvalue weighted by molar-refractivity contribution is 9.10. The summed E-state index contributed by atoms with van der Waals surface area (Å²) in [5.74, 6) is 0.875. The van der Waals surface area contributed by atoms with Crippen LogP contribution in [-0.2, 0) is 0 Å². The van der Waals surface area contributed by atoms with Crippen LogP contribution in [0.15, 0.2) is 58.1 Å². The highest BCUT2D eigenvalue weighted by atomic mass is 79.9. The third-order valence-corrected chi connectivity index (χ3v) is 2.97. The summed E-state index contributed by atoms with van der Waals surface area (Å²) in [7, 11) is 0. The third kappa shape index (κ3) is 4.41. The Hall–Kier alpha value is -1.81. The van der Waals surface area contributed by atoms with Gasteiger partial charge in [0.05, 0.1) is 18.5 Å². The number of halogens is 1. The second-order valence-electron chi connectivity index (χ2n) is 3.88. The summed E-state index contributed by atoms with van der Waals surface area (Å²) < 4.78 is 6.43. The second kappa shape index (κ2) is 6.95. The highest BCUT2D eigenvalue weighted by Gasteiger charge is 1.92. The van der Waals surface area contributed by atoms with Crippen molar-refractivity contribution in [1.82, 2.24) is 0 Å². The van der Waals surface area contributed by atoms with Crippen LogP contribution in [0.5, 0.6) is 5.75 Å². The molecule has 0 radical (unpaired) electrons. The van der Waals surface area contributed by atoms with E-state index in [0.717, 1.165) is 21.5 Å². The molecule has 2 aromatic carbocycles. The molecule has 98 valence electrons. The van der Waals surface area contributed by atoms with E-state index in [4.69, 9.17) is 4.74 Å². The number of ether oxygens (including phenoxy) is 1. The topological polar surface area (TPSA) is 33.6 Å². The molecule has 0 aliphatic rings. The zero-order valence-electron chi connectivity index (χ0n) is 10.6. The highest BCUT2D eigenvalue weighted by Crippen LogP contribution is 2.14. The molecule has 0 aliphatic heterocycles. The molecule has 0 spiro atoms. The van der Waals surface area contributed by atoms with Crippen molar-refractivity contribution in [3.05, 3.63) is 58.6 Å². The number of anilines is 1. The lowest BCUT2D eigenvalue weighted by molar-refractivity contribution is 0.340. The molecule has 0 unspecified atom stereocenters. The molecule has 0 saturated heterocycles. The Morgan fingerprint density at radius 1 is 1.11 bits per heavy atom. The van der Waals surface area contributed by atoms with Crippen LogP contribution in [0.4, 0.5) is 5.69 Å². The van der Waals surface area contributed by atoms with Crippen molar-refractivity contribution in [2.75, 3.05) is 12.0 Å². The minimum Gasteiger partial charge on any atom is -0.494 e. The van der Waals surface area contributed by atoms with E-state index in [1.807, 2.05) is 55.5 Å². The van der Waals surface area contributed by atoms with Gasteiger partial charge in [-0.3, -0.25) is 5.43 Å². The summed E-state index contributed by atoms with van der Waals surface area (Å²) in [6.45, 7) is 2.65. The summed E-state index contributed by atoms with van der Waals surface area (Å²) in [5, 5.41) is 4.19. The molecule has 0 aliphatic carbocycles. The number of hydrazone groups is 1. The molecular formula is C15H15BrN2O. The van der Waals surface area contributed by atoms with Crippen LogP contribution in [0, 0.1) is 0 Å². The Bertz CT molecular complexity index is 535. The van der Waals surface area contributed by atoms with Crippen LogP contribution in [0.3, 0.4) is 0 Å². The first kappa shape index (κ1) is 13.6.